The monoisotopic (exact) mass is 320 g/mol. The molecule has 0 atom stereocenters. The normalized spacial score (nSPS) is 19.5. The van der Waals surface area contributed by atoms with Gasteiger partial charge in [-0.3, -0.25) is 0 Å². The molecule has 1 aliphatic carbocycles. The summed E-state index contributed by atoms with van der Waals surface area (Å²) in [4.78, 5) is 14.0. The molecule has 2 heterocycles. The van der Waals surface area contributed by atoms with E-state index in [0.29, 0.717) is 24.9 Å². The lowest BCUT2D eigenvalue weighted by Gasteiger charge is -2.35. The fourth-order valence-corrected chi connectivity index (χ4v) is 3.72. The third kappa shape index (κ3) is 3.48. The van der Waals surface area contributed by atoms with E-state index in [2.05, 4.69) is 4.57 Å². The number of nitrogens with zero attached hydrogens (tertiary/aromatic N) is 2. The van der Waals surface area contributed by atoms with Gasteiger partial charge >= 0.3 is 6.09 Å². The third-order valence-electron chi connectivity index (χ3n) is 4.83. The first-order valence-corrected chi connectivity index (χ1v) is 8.74. The van der Waals surface area contributed by atoms with Crippen molar-refractivity contribution < 1.29 is 14.6 Å². The number of piperidine rings is 1. The Hall–Kier alpha value is -1.65. The van der Waals surface area contributed by atoms with Crippen LogP contribution in [0.1, 0.15) is 63.8 Å². The maximum Gasteiger partial charge on any atom is 0.410 e. The molecule has 5 nitrogen and oxygen atoms in total. The van der Waals surface area contributed by atoms with Gasteiger partial charge in [0.25, 0.3) is 0 Å². The Bertz CT molecular complexity index is 578. The van der Waals surface area contributed by atoms with Gasteiger partial charge in [0.05, 0.1) is 0 Å². The molecule has 1 N–H and O–H groups in total. The second-order valence-electron chi connectivity index (χ2n) is 7.75. The quantitative estimate of drug-likeness (QED) is 0.859. The minimum Gasteiger partial charge on any atom is -0.506 e. The summed E-state index contributed by atoms with van der Waals surface area (Å²) in [6.45, 7) is 7.12. The topological polar surface area (TPSA) is 54.7 Å². The van der Waals surface area contributed by atoms with Crippen molar-refractivity contribution in [3.05, 3.63) is 17.5 Å². The van der Waals surface area contributed by atoms with Crippen LogP contribution < -0.4 is 0 Å². The van der Waals surface area contributed by atoms with Crippen LogP contribution in [0, 0.1) is 0 Å². The molecule has 0 spiro atoms. The van der Waals surface area contributed by atoms with Crippen molar-refractivity contribution in [3.8, 4) is 5.75 Å². The average Bonchev–Trinajstić information content (AvgIpc) is 2.83. The summed E-state index contributed by atoms with van der Waals surface area (Å²) in [6.07, 6.45) is 7.94. The van der Waals surface area contributed by atoms with Crippen LogP contribution in [0.5, 0.6) is 5.75 Å². The molecule has 3 rings (SSSR count). The summed E-state index contributed by atoms with van der Waals surface area (Å²) in [5.74, 6) is 0.453. The lowest BCUT2D eigenvalue weighted by molar-refractivity contribution is 0.0187. The van der Waals surface area contributed by atoms with E-state index in [1.807, 2.05) is 27.0 Å². The number of fused-ring (bicyclic) bond motifs is 1. The van der Waals surface area contributed by atoms with Gasteiger partial charge in [-0.1, -0.05) is 0 Å². The lowest BCUT2D eigenvalue weighted by Crippen LogP contribution is -2.42. The van der Waals surface area contributed by atoms with E-state index < -0.39 is 5.60 Å². The molecule has 0 bridgehead atoms. The molecule has 128 valence electrons. The molecule has 1 aromatic rings. The smallest absolute Gasteiger partial charge is 0.410 e. The van der Waals surface area contributed by atoms with Gasteiger partial charge in [-0.2, -0.15) is 0 Å². The Morgan fingerprint density at radius 1 is 1.22 bits per heavy atom. The number of carbonyl (C=O) groups is 1. The van der Waals surface area contributed by atoms with Crippen molar-refractivity contribution >= 4 is 6.09 Å². The molecule has 1 fully saturated rings. The fourth-order valence-electron chi connectivity index (χ4n) is 3.72. The zero-order valence-corrected chi connectivity index (χ0v) is 14.5. The summed E-state index contributed by atoms with van der Waals surface area (Å²) in [6, 6.07) is 0.376. The summed E-state index contributed by atoms with van der Waals surface area (Å²) in [7, 11) is 0. The van der Waals surface area contributed by atoms with E-state index in [1.165, 1.54) is 18.5 Å². The third-order valence-corrected chi connectivity index (χ3v) is 4.83. The van der Waals surface area contributed by atoms with Gasteiger partial charge in [0.1, 0.15) is 11.4 Å². The second kappa shape index (κ2) is 6.10. The number of ether oxygens (including phenoxy) is 1. The minimum absolute atomic E-state index is 0.215. The first-order valence-electron chi connectivity index (χ1n) is 8.74. The van der Waals surface area contributed by atoms with Crippen LogP contribution in [0.3, 0.4) is 0 Å². The molecule has 0 saturated carbocycles. The minimum atomic E-state index is -0.445. The summed E-state index contributed by atoms with van der Waals surface area (Å²) in [5, 5.41) is 10.2. The highest BCUT2D eigenvalue weighted by atomic mass is 16.6. The lowest BCUT2D eigenvalue weighted by atomic mass is 9.96. The van der Waals surface area contributed by atoms with E-state index in [-0.39, 0.29) is 6.09 Å². The number of hydrogen-bond acceptors (Lipinski definition) is 3. The summed E-state index contributed by atoms with van der Waals surface area (Å²) >= 11 is 0. The van der Waals surface area contributed by atoms with E-state index in [1.54, 1.807) is 4.90 Å². The van der Waals surface area contributed by atoms with Crippen molar-refractivity contribution in [1.29, 1.82) is 0 Å². The Morgan fingerprint density at radius 3 is 2.52 bits per heavy atom. The highest BCUT2D eigenvalue weighted by Gasteiger charge is 2.29. The van der Waals surface area contributed by atoms with E-state index in [0.717, 1.165) is 31.2 Å². The molecular weight excluding hydrogens is 292 g/mol. The zero-order valence-electron chi connectivity index (χ0n) is 14.5. The van der Waals surface area contributed by atoms with Crippen LogP contribution in [-0.4, -0.2) is 39.4 Å². The van der Waals surface area contributed by atoms with Gasteiger partial charge in [0.2, 0.25) is 0 Å². The molecule has 1 saturated heterocycles. The van der Waals surface area contributed by atoms with Crippen LogP contribution in [0.4, 0.5) is 4.79 Å². The molecule has 0 radical (unpaired) electrons. The van der Waals surface area contributed by atoms with Gasteiger partial charge in [-0.15, -0.1) is 0 Å². The van der Waals surface area contributed by atoms with Gasteiger partial charge in [-0.05, 0) is 59.3 Å². The Labute approximate surface area is 138 Å². The van der Waals surface area contributed by atoms with Crippen LogP contribution in [0.15, 0.2) is 6.20 Å². The molecular formula is C18H28N2O3. The Kier molecular flexibility index (Phi) is 4.30. The highest BCUT2D eigenvalue weighted by Crippen LogP contribution is 2.35. The SMILES string of the molecule is CC(C)(C)OC(=O)N1CCC(n2cc(O)c3c2CCCC3)CC1. The number of amides is 1. The maximum atomic E-state index is 12.2. The van der Waals surface area contributed by atoms with E-state index in [4.69, 9.17) is 4.74 Å². The molecule has 5 heteroatoms. The van der Waals surface area contributed by atoms with Crippen LogP contribution in [0.2, 0.25) is 0 Å². The first-order chi connectivity index (χ1) is 10.8. The molecule has 1 amide bonds. The van der Waals surface area contributed by atoms with Gasteiger partial charge in [-0.25, -0.2) is 4.79 Å². The van der Waals surface area contributed by atoms with Gasteiger partial charge < -0.3 is 19.3 Å². The molecule has 0 aromatic carbocycles. The Morgan fingerprint density at radius 2 is 1.87 bits per heavy atom. The van der Waals surface area contributed by atoms with E-state index >= 15 is 0 Å². The molecule has 1 aromatic heterocycles. The molecule has 0 unspecified atom stereocenters. The van der Waals surface area contributed by atoms with Crippen LogP contribution in [-0.2, 0) is 17.6 Å². The predicted octanol–water partition coefficient (Wildman–Crippen LogP) is 3.64. The molecule has 1 aliphatic heterocycles. The van der Waals surface area contributed by atoms with Crippen molar-refractivity contribution in [3.63, 3.8) is 0 Å². The van der Waals surface area contributed by atoms with Crippen molar-refractivity contribution in [2.45, 2.75) is 70.9 Å². The van der Waals surface area contributed by atoms with Crippen molar-refractivity contribution in [1.82, 2.24) is 9.47 Å². The summed E-state index contributed by atoms with van der Waals surface area (Å²) in [5.41, 5.74) is 2.01. The maximum absolute atomic E-state index is 12.2. The van der Waals surface area contributed by atoms with Crippen LogP contribution in [0.25, 0.3) is 0 Å². The highest BCUT2D eigenvalue weighted by molar-refractivity contribution is 5.68. The van der Waals surface area contributed by atoms with Gasteiger partial charge in [0, 0.05) is 36.6 Å². The Balaban J connectivity index is 1.65. The fraction of sp³-hybridized carbons (Fsp3) is 0.722. The second-order valence-corrected chi connectivity index (χ2v) is 7.75. The van der Waals surface area contributed by atoms with Crippen molar-refractivity contribution in [2.75, 3.05) is 13.1 Å². The largest absolute Gasteiger partial charge is 0.506 e. The number of rotatable bonds is 1. The molecule has 2 aliphatic rings. The number of aromatic nitrogens is 1. The number of carbonyl (C=O) groups excluding carboxylic acids is 1. The standard InChI is InChI=1S/C18H28N2O3/c1-18(2,3)23-17(22)19-10-8-13(9-11-19)20-12-16(21)14-6-4-5-7-15(14)20/h12-13,21H,4-11H2,1-3H3. The zero-order chi connectivity index (χ0) is 16.6. The number of likely N-dealkylation sites (tertiary alicyclic amines) is 1. The number of hydrogen-bond donors (Lipinski definition) is 1. The van der Waals surface area contributed by atoms with E-state index in [9.17, 15) is 9.90 Å². The predicted molar refractivity (Wildman–Crippen MR) is 88.8 cm³/mol. The van der Waals surface area contributed by atoms with Crippen molar-refractivity contribution in [2.24, 2.45) is 0 Å². The number of aromatic hydroxyl groups is 1. The van der Waals surface area contributed by atoms with Crippen LogP contribution >= 0.6 is 0 Å². The first kappa shape index (κ1) is 16.2. The summed E-state index contributed by atoms with van der Waals surface area (Å²) < 4.78 is 7.73. The van der Waals surface area contributed by atoms with Gasteiger partial charge in [0.15, 0.2) is 0 Å². The average molecular weight is 320 g/mol. The molecule has 23 heavy (non-hydrogen) atoms.